The first-order valence-electron chi connectivity index (χ1n) is 7.84. The molecule has 1 fully saturated rings. The van der Waals surface area contributed by atoms with Crippen LogP contribution in [-0.4, -0.2) is 31.3 Å². The zero-order valence-electron chi connectivity index (χ0n) is 12.8. The molecule has 112 valence electrons. The van der Waals surface area contributed by atoms with Crippen LogP contribution in [0, 0.1) is 11.8 Å². The number of hydrogen-bond acceptors (Lipinski definition) is 3. The van der Waals surface area contributed by atoms with E-state index in [0.717, 1.165) is 32.6 Å². The number of nitrogens with one attached hydrogen (secondary N) is 1. The molecule has 1 unspecified atom stereocenters. The molecule has 3 nitrogen and oxygen atoms in total. The lowest BCUT2D eigenvalue weighted by Crippen LogP contribution is -2.36. The summed E-state index contributed by atoms with van der Waals surface area (Å²) in [7, 11) is 0. The van der Waals surface area contributed by atoms with Gasteiger partial charge in [0.05, 0.1) is 0 Å². The zero-order chi connectivity index (χ0) is 14.4. The highest BCUT2D eigenvalue weighted by molar-refractivity contribution is 5.48. The third kappa shape index (κ3) is 4.50. The molecule has 1 heterocycles. The Morgan fingerprint density at radius 2 is 2.05 bits per heavy atom. The van der Waals surface area contributed by atoms with Crippen molar-refractivity contribution in [3.63, 3.8) is 0 Å². The Balaban J connectivity index is 1.87. The van der Waals surface area contributed by atoms with Gasteiger partial charge in [-0.05, 0) is 48.9 Å². The number of benzene rings is 1. The van der Waals surface area contributed by atoms with E-state index in [-0.39, 0.29) is 0 Å². The molecule has 0 amide bonds. The van der Waals surface area contributed by atoms with E-state index in [1.54, 1.807) is 0 Å². The summed E-state index contributed by atoms with van der Waals surface area (Å²) in [4.78, 5) is 2.40. The van der Waals surface area contributed by atoms with Crippen molar-refractivity contribution in [1.29, 1.82) is 0 Å². The molecule has 1 aliphatic rings. The van der Waals surface area contributed by atoms with Gasteiger partial charge < -0.3 is 15.3 Å². The zero-order valence-corrected chi connectivity index (χ0v) is 12.8. The second kappa shape index (κ2) is 7.65. The number of hydrogen-bond donors (Lipinski definition) is 2. The van der Waals surface area contributed by atoms with Crippen molar-refractivity contribution >= 4 is 5.69 Å². The van der Waals surface area contributed by atoms with E-state index in [1.165, 1.54) is 17.7 Å². The third-order valence-corrected chi connectivity index (χ3v) is 3.96. The number of rotatable bonds is 6. The quantitative estimate of drug-likeness (QED) is 0.838. The van der Waals surface area contributed by atoms with Gasteiger partial charge in [-0.25, -0.2) is 0 Å². The van der Waals surface area contributed by atoms with E-state index in [0.29, 0.717) is 18.4 Å². The Morgan fingerprint density at radius 1 is 1.30 bits per heavy atom. The van der Waals surface area contributed by atoms with E-state index < -0.39 is 0 Å². The van der Waals surface area contributed by atoms with Crippen LogP contribution in [0.4, 0.5) is 5.69 Å². The van der Waals surface area contributed by atoms with Gasteiger partial charge >= 0.3 is 0 Å². The summed E-state index contributed by atoms with van der Waals surface area (Å²) in [6.07, 6.45) is 2.34. The maximum atomic E-state index is 9.31. The van der Waals surface area contributed by atoms with Gasteiger partial charge in [0, 0.05) is 31.9 Å². The van der Waals surface area contributed by atoms with Gasteiger partial charge in [-0.15, -0.1) is 0 Å². The molecule has 3 heteroatoms. The second-order valence-electron chi connectivity index (χ2n) is 6.33. The van der Waals surface area contributed by atoms with Crippen molar-refractivity contribution in [3.05, 3.63) is 29.8 Å². The Morgan fingerprint density at radius 3 is 2.70 bits per heavy atom. The first kappa shape index (κ1) is 15.3. The highest BCUT2D eigenvalue weighted by Crippen LogP contribution is 2.23. The largest absolute Gasteiger partial charge is 0.396 e. The van der Waals surface area contributed by atoms with Gasteiger partial charge in [0.2, 0.25) is 0 Å². The van der Waals surface area contributed by atoms with Gasteiger partial charge in [-0.3, -0.25) is 0 Å². The van der Waals surface area contributed by atoms with E-state index >= 15 is 0 Å². The van der Waals surface area contributed by atoms with Crippen molar-refractivity contribution in [1.82, 2.24) is 5.32 Å². The van der Waals surface area contributed by atoms with Gasteiger partial charge in [-0.1, -0.05) is 26.0 Å². The van der Waals surface area contributed by atoms with Gasteiger partial charge in [-0.2, -0.15) is 0 Å². The molecule has 0 aliphatic carbocycles. The van der Waals surface area contributed by atoms with Crippen LogP contribution < -0.4 is 10.2 Å². The van der Waals surface area contributed by atoms with Crippen molar-refractivity contribution < 1.29 is 5.11 Å². The van der Waals surface area contributed by atoms with E-state index in [1.807, 2.05) is 0 Å². The fourth-order valence-corrected chi connectivity index (χ4v) is 2.78. The molecule has 0 aromatic heterocycles. The van der Waals surface area contributed by atoms with Crippen LogP contribution in [-0.2, 0) is 6.54 Å². The summed E-state index contributed by atoms with van der Waals surface area (Å²) in [5, 5.41) is 12.8. The van der Waals surface area contributed by atoms with Crippen LogP contribution in [0.1, 0.15) is 32.3 Å². The van der Waals surface area contributed by atoms with Gasteiger partial charge in [0.15, 0.2) is 0 Å². The average molecular weight is 276 g/mol. The van der Waals surface area contributed by atoms with Crippen molar-refractivity contribution in [2.24, 2.45) is 11.8 Å². The lowest BCUT2D eigenvalue weighted by molar-refractivity contribution is 0.209. The Labute approximate surface area is 123 Å². The first-order chi connectivity index (χ1) is 9.69. The monoisotopic (exact) mass is 276 g/mol. The Kier molecular flexibility index (Phi) is 5.86. The molecular formula is C17H28N2O. The van der Waals surface area contributed by atoms with Crippen molar-refractivity contribution in [2.45, 2.75) is 33.2 Å². The number of anilines is 1. The molecule has 0 saturated carbocycles. The van der Waals surface area contributed by atoms with E-state index in [2.05, 4.69) is 48.3 Å². The summed E-state index contributed by atoms with van der Waals surface area (Å²) in [5.41, 5.74) is 2.63. The number of aliphatic hydroxyl groups excluding tert-OH is 1. The second-order valence-corrected chi connectivity index (χ2v) is 6.33. The Bertz CT molecular complexity index is 388. The Hall–Kier alpha value is -1.06. The van der Waals surface area contributed by atoms with Crippen molar-refractivity contribution in [3.8, 4) is 0 Å². The third-order valence-electron chi connectivity index (χ3n) is 3.96. The van der Waals surface area contributed by atoms with Crippen LogP contribution in [0.2, 0.25) is 0 Å². The van der Waals surface area contributed by atoms with Crippen LogP contribution in [0.5, 0.6) is 0 Å². The molecule has 2 rings (SSSR count). The predicted octanol–water partition coefficient (Wildman–Crippen LogP) is 2.64. The maximum absolute atomic E-state index is 9.31. The van der Waals surface area contributed by atoms with E-state index in [4.69, 9.17) is 0 Å². The first-order valence-corrected chi connectivity index (χ1v) is 7.84. The van der Waals surface area contributed by atoms with Crippen molar-refractivity contribution in [2.75, 3.05) is 31.1 Å². The lowest BCUT2D eigenvalue weighted by atomic mass is 9.98. The van der Waals surface area contributed by atoms with Crippen LogP contribution in [0.3, 0.4) is 0 Å². The summed E-state index contributed by atoms with van der Waals surface area (Å²) < 4.78 is 0. The highest BCUT2D eigenvalue weighted by Gasteiger charge is 2.19. The fraction of sp³-hybridized carbons (Fsp3) is 0.647. The van der Waals surface area contributed by atoms with Gasteiger partial charge in [0.25, 0.3) is 0 Å². The molecule has 0 spiro atoms. The lowest BCUT2D eigenvalue weighted by Gasteiger charge is -2.33. The molecule has 2 N–H and O–H groups in total. The standard InChI is InChI=1S/C17H28N2O/c1-14(2)10-18-11-15-5-7-17(8-6-15)19-9-3-4-16(12-19)13-20/h5-8,14,16,18,20H,3-4,9-13H2,1-2H3. The smallest absolute Gasteiger partial charge is 0.0476 e. The molecule has 1 saturated heterocycles. The number of nitrogens with zero attached hydrogens (tertiary/aromatic N) is 1. The summed E-state index contributed by atoms with van der Waals surface area (Å²) in [5.74, 6) is 1.13. The van der Waals surface area contributed by atoms with Crippen LogP contribution >= 0.6 is 0 Å². The highest BCUT2D eigenvalue weighted by atomic mass is 16.3. The average Bonchev–Trinajstić information content (AvgIpc) is 2.48. The summed E-state index contributed by atoms with van der Waals surface area (Å²) in [6, 6.07) is 8.86. The molecule has 0 radical (unpaired) electrons. The molecule has 1 aromatic carbocycles. The molecule has 1 atom stereocenters. The SMILES string of the molecule is CC(C)CNCc1ccc(N2CCCC(CO)C2)cc1. The molecule has 20 heavy (non-hydrogen) atoms. The fourth-order valence-electron chi connectivity index (χ4n) is 2.78. The molecular weight excluding hydrogens is 248 g/mol. The van der Waals surface area contributed by atoms with Gasteiger partial charge in [0.1, 0.15) is 0 Å². The maximum Gasteiger partial charge on any atom is 0.0476 e. The minimum absolute atomic E-state index is 0.313. The topological polar surface area (TPSA) is 35.5 Å². The number of aliphatic hydroxyl groups is 1. The predicted molar refractivity (Wildman–Crippen MR) is 85.0 cm³/mol. The van der Waals surface area contributed by atoms with Crippen LogP contribution in [0.25, 0.3) is 0 Å². The van der Waals surface area contributed by atoms with Crippen LogP contribution in [0.15, 0.2) is 24.3 Å². The molecule has 1 aliphatic heterocycles. The minimum atomic E-state index is 0.313. The minimum Gasteiger partial charge on any atom is -0.396 e. The van der Waals surface area contributed by atoms with E-state index in [9.17, 15) is 5.11 Å². The summed E-state index contributed by atoms with van der Waals surface area (Å²) >= 11 is 0. The normalized spacial score (nSPS) is 19.6. The molecule has 0 bridgehead atoms. The number of piperidine rings is 1. The summed E-state index contributed by atoms with van der Waals surface area (Å²) in [6.45, 7) is 8.87. The molecule has 1 aromatic rings.